The molecule has 2 aromatic rings. The Labute approximate surface area is 140 Å². The Balaban J connectivity index is 1.99. The Morgan fingerprint density at radius 2 is 1.77 bits per heavy atom. The van der Waals surface area contributed by atoms with E-state index < -0.39 is 10.0 Å². The van der Waals surface area contributed by atoms with Gasteiger partial charge in [-0.05, 0) is 53.4 Å². The minimum Gasteiger partial charge on any atom is -0.207 e. The Morgan fingerprint density at radius 3 is 2.45 bits per heavy atom. The van der Waals surface area contributed by atoms with Crippen molar-refractivity contribution in [1.29, 1.82) is 0 Å². The van der Waals surface area contributed by atoms with Gasteiger partial charge < -0.3 is 0 Å². The second-order valence-corrected chi connectivity index (χ2v) is 8.33. The second kappa shape index (κ2) is 6.14. The summed E-state index contributed by atoms with van der Waals surface area (Å²) in [6.07, 6.45) is 1.76. The number of sulfonamides is 1. The first kappa shape index (κ1) is 15.7. The molecular formula is C17H18BrNO2S. The van der Waals surface area contributed by atoms with Crippen LogP contribution in [0.2, 0.25) is 0 Å². The maximum absolute atomic E-state index is 13.0. The predicted molar refractivity (Wildman–Crippen MR) is 91.2 cm³/mol. The molecule has 1 unspecified atom stereocenters. The highest BCUT2D eigenvalue weighted by Gasteiger charge is 2.36. The monoisotopic (exact) mass is 379 g/mol. The summed E-state index contributed by atoms with van der Waals surface area (Å²) in [7, 11) is -3.49. The van der Waals surface area contributed by atoms with Crippen LogP contribution in [0, 0.1) is 6.92 Å². The van der Waals surface area contributed by atoms with Crippen molar-refractivity contribution in [2.45, 2.75) is 30.7 Å². The first-order valence-corrected chi connectivity index (χ1v) is 9.56. The van der Waals surface area contributed by atoms with E-state index in [0.717, 1.165) is 18.4 Å². The first-order chi connectivity index (χ1) is 10.5. The van der Waals surface area contributed by atoms with Crippen LogP contribution in [0.15, 0.2) is 57.9 Å². The average Bonchev–Trinajstić information content (AvgIpc) is 2.98. The largest absolute Gasteiger partial charge is 0.244 e. The van der Waals surface area contributed by atoms with E-state index in [9.17, 15) is 8.42 Å². The second-order valence-electron chi connectivity index (χ2n) is 5.61. The highest BCUT2D eigenvalue weighted by Crippen LogP contribution is 2.38. The van der Waals surface area contributed by atoms with Gasteiger partial charge in [-0.1, -0.05) is 42.0 Å². The molecule has 0 N–H and O–H groups in total. The van der Waals surface area contributed by atoms with E-state index in [2.05, 4.69) is 15.9 Å². The standard InChI is InChI=1S/C17H18BrNO2S/c1-13-8-10-14(11-9-13)16-6-4-12-19(16)22(20,21)17-7-3-2-5-15(17)18/h2-3,5,7-11,16H,4,6,12H2,1H3. The SMILES string of the molecule is Cc1ccc(C2CCCN2S(=O)(=O)c2ccccc2Br)cc1. The van der Waals surface area contributed by atoms with Crippen LogP contribution < -0.4 is 0 Å². The summed E-state index contributed by atoms with van der Waals surface area (Å²) in [5, 5.41) is 0. The maximum atomic E-state index is 13.0. The molecule has 22 heavy (non-hydrogen) atoms. The van der Waals surface area contributed by atoms with Gasteiger partial charge >= 0.3 is 0 Å². The van der Waals surface area contributed by atoms with Crippen molar-refractivity contribution in [3.8, 4) is 0 Å². The van der Waals surface area contributed by atoms with Crippen molar-refractivity contribution >= 4 is 26.0 Å². The zero-order valence-electron chi connectivity index (χ0n) is 12.4. The van der Waals surface area contributed by atoms with Crippen LogP contribution in [0.3, 0.4) is 0 Å². The lowest BCUT2D eigenvalue weighted by Crippen LogP contribution is -2.30. The molecule has 0 spiro atoms. The van der Waals surface area contributed by atoms with Crippen LogP contribution in [-0.2, 0) is 10.0 Å². The molecule has 1 saturated heterocycles. The molecule has 1 heterocycles. The van der Waals surface area contributed by atoms with Crippen molar-refractivity contribution < 1.29 is 8.42 Å². The van der Waals surface area contributed by atoms with Gasteiger partial charge in [0.25, 0.3) is 0 Å². The normalized spacial score (nSPS) is 19.5. The van der Waals surface area contributed by atoms with Gasteiger partial charge in [0, 0.05) is 11.0 Å². The Hall–Kier alpha value is -1.17. The predicted octanol–water partition coefficient (Wildman–Crippen LogP) is 4.28. The van der Waals surface area contributed by atoms with Crippen LogP contribution in [-0.4, -0.2) is 19.3 Å². The minimum absolute atomic E-state index is 0.0716. The van der Waals surface area contributed by atoms with E-state index in [0.29, 0.717) is 15.9 Å². The van der Waals surface area contributed by atoms with E-state index in [1.807, 2.05) is 37.3 Å². The number of hydrogen-bond acceptors (Lipinski definition) is 2. The van der Waals surface area contributed by atoms with Crippen molar-refractivity contribution in [1.82, 2.24) is 4.31 Å². The number of benzene rings is 2. The molecule has 0 aliphatic carbocycles. The van der Waals surface area contributed by atoms with Gasteiger partial charge in [-0.15, -0.1) is 0 Å². The summed E-state index contributed by atoms with van der Waals surface area (Å²) in [6, 6.07) is 15.1. The summed E-state index contributed by atoms with van der Waals surface area (Å²) in [4.78, 5) is 0.342. The van der Waals surface area contributed by atoms with Gasteiger partial charge in [0.1, 0.15) is 0 Å². The van der Waals surface area contributed by atoms with Gasteiger partial charge in [-0.2, -0.15) is 4.31 Å². The molecular weight excluding hydrogens is 362 g/mol. The molecule has 5 heteroatoms. The summed E-state index contributed by atoms with van der Waals surface area (Å²) in [5.41, 5.74) is 2.25. The molecule has 0 amide bonds. The molecule has 0 radical (unpaired) electrons. The van der Waals surface area contributed by atoms with E-state index in [1.165, 1.54) is 5.56 Å². The van der Waals surface area contributed by atoms with Crippen LogP contribution in [0.25, 0.3) is 0 Å². The quantitative estimate of drug-likeness (QED) is 0.797. The zero-order valence-corrected chi connectivity index (χ0v) is 14.8. The van der Waals surface area contributed by atoms with Gasteiger partial charge in [-0.25, -0.2) is 8.42 Å². The van der Waals surface area contributed by atoms with E-state index in [4.69, 9.17) is 0 Å². The molecule has 1 atom stereocenters. The average molecular weight is 380 g/mol. The van der Waals surface area contributed by atoms with Gasteiger partial charge in [0.2, 0.25) is 10.0 Å². The highest BCUT2D eigenvalue weighted by molar-refractivity contribution is 9.10. The summed E-state index contributed by atoms with van der Waals surface area (Å²) >= 11 is 3.36. The van der Waals surface area contributed by atoms with Gasteiger partial charge in [0.15, 0.2) is 0 Å². The molecule has 0 saturated carbocycles. The van der Waals surface area contributed by atoms with Gasteiger partial charge in [-0.3, -0.25) is 0 Å². The molecule has 3 nitrogen and oxygen atoms in total. The molecule has 116 valence electrons. The first-order valence-electron chi connectivity index (χ1n) is 7.33. The molecule has 0 bridgehead atoms. The number of hydrogen-bond donors (Lipinski definition) is 0. The molecule has 3 rings (SSSR count). The van der Waals surface area contributed by atoms with Crippen molar-refractivity contribution in [2.75, 3.05) is 6.54 Å². The van der Waals surface area contributed by atoms with Crippen molar-refractivity contribution in [3.05, 3.63) is 64.1 Å². The fourth-order valence-corrected chi connectivity index (χ4v) is 5.58. The van der Waals surface area contributed by atoms with Crippen LogP contribution >= 0.6 is 15.9 Å². The molecule has 2 aromatic carbocycles. The fraction of sp³-hybridized carbons (Fsp3) is 0.294. The molecule has 1 aliphatic rings. The lowest BCUT2D eigenvalue weighted by atomic mass is 10.0. The van der Waals surface area contributed by atoms with Crippen LogP contribution in [0.4, 0.5) is 0 Å². The molecule has 1 aliphatic heterocycles. The zero-order chi connectivity index (χ0) is 15.7. The molecule has 0 aromatic heterocycles. The Bertz CT molecular complexity index is 772. The number of nitrogens with zero attached hydrogens (tertiary/aromatic N) is 1. The minimum atomic E-state index is -3.49. The van der Waals surface area contributed by atoms with Gasteiger partial charge in [0.05, 0.1) is 10.9 Å². The third-order valence-corrected chi connectivity index (χ3v) is 7.01. The molecule has 1 fully saturated rings. The van der Waals surface area contributed by atoms with Crippen molar-refractivity contribution in [2.24, 2.45) is 0 Å². The maximum Gasteiger partial charge on any atom is 0.244 e. The van der Waals surface area contributed by atoms with E-state index in [-0.39, 0.29) is 6.04 Å². The lowest BCUT2D eigenvalue weighted by molar-refractivity contribution is 0.396. The summed E-state index contributed by atoms with van der Waals surface area (Å²) in [5.74, 6) is 0. The Kier molecular flexibility index (Phi) is 4.39. The summed E-state index contributed by atoms with van der Waals surface area (Å²) in [6.45, 7) is 2.61. The van der Waals surface area contributed by atoms with E-state index in [1.54, 1.807) is 22.5 Å². The third kappa shape index (κ3) is 2.85. The number of aryl methyl sites for hydroxylation is 1. The third-order valence-electron chi connectivity index (χ3n) is 4.09. The topological polar surface area (TPSA) is 37.4 Å². The van der Waals surface area contributed by atoms with Crippen LogP contribution in [0.1, 0.15) is 30.0 Å². The van der Waals surface area contributed by atoms with Crippen molar-refractivity contribution in [3.63, 3.8) is 0 Å². The number of rotatable bonds is 3. The highest BCUT2D eigenvalue weighted by atomic mass is 79.9. The summed E-state index contributed by atoms with van der Waals surface area (Å²) < 4.78 is 28.3. The fourth-order valence-electron chi connectivity index (χ4n) is 2.93. The van der Waals surface area contributed by atoms with E-state index >= 15 is 0 Å². The smallest absolute Gasteiger partial charge is 0.207 e. The lowest BCUT2D eigenvalue weighted by Gasteiger charge is -2.25. The van der Waals surface area contributed by atoms with Crippen LogP contribution in [0.5, 0.6) is 0 Å². The Morgan fingerprint density at radius 1 is 1.09 bits per heavy atom. The number of halogens is 1.